The molecule has 76 valence electrons. The molecule has 1 aromatic rings. The largest absolute Gasteiger partial charge is 0.466 e. The van der Waals surface area contributed by atoms with Gasteiger partial charge in [0, 0.05) is 12.5 Å². The second-order valence-corrected chi connectivity index (χ2v) is 3.35. The minimum absolute atomic E-state index is 0.508. The predicted molar refractivity (Wildman–Crippen MR) is 50.8 cm³/mol. The van der Waals surface area contributed by atoms with E-state index in [0.29, 0.717) is 5.56 Å². The summed E-state index contributed by atoms with van der Waals surface area (Å²) in [5.74, 6) is -1.08. The van der Waals surface area contributed by atoms with Gasteiger partial charge in [-0.15, -0.1) is 0 Å². The van der Waals surface area contributed by atoms with E-state index in [0.717, 1.165) is 0 Å². The monoisotopic (exact) mass is 214 g/mol. The van der Waals surface area contributed by atoms with Crippen molar-refractivity contribution < 1.29 is 19.1 Å². The van der Waals surface area contributed by atoms with Gasteiger partial charge < -0.3 is 9.47 Å². The maximum absolute atomic E-state index is 11.3. The highest BCUT2D eigenvalue weighted by molar-refractivity contribution is 7.08. The third kappa shape index (κ3) is 2.56. The number of methoxy groups -OCH3 is 1. The minimum Gasteiger partial charge on any atom is -0.466 e. The Balaban J connectivity index is 2.82. The summed E-state index contributed by atoms with van der Waals surface area (Å²) < 4.78 is 9.37. The fourth-order valence-electron chi connectivity index (χ4n) is 0.949. The Morgan fingerprint density at radius 3 is 2.64 bits per heavy atom. The number of hydrogen-bond donors (Lipinski definition) is 0. The van der Waals surface area contributed by atoms with Gasteiger partial charge in [0.05, 0.1) is 7.11 Å². The highest BCUT2D eigenvalue weighted by Gasteiger charge is 2.24. The van der Waals surface area contributed by atoms with Crippen LogP contribution in [0.5, 0.6) is 0 Å². The van der Waals surface area contributed by atoms with Gasteiger partial charge in [0.25, 0.3) is 0 Å². The first-order chi connectivity index (χ1) is 6.65. The number of hydrogen-bond acceptors (Lipinski definition) is 5. The highest BCUT2D eigenvalue weighted by atomic mass is 32.1. The molecule has 1 rings (SSSR count). The van der Waals surface area contributed by atoms with Crippen LogP contribution in [-0.2, 0) is 19.1 Å². The first kappa shape index (κ1) is 10.7. The first-order valence-corrected chi connectivity index (χ1v) is 4.86. The lowest BCUT2D eigenvalue weighted by atomic mass is 10.2. The fraction of sp³-hybridized carbons (Fsp3) is 0.333. The van der Waals surface area contributed by atoms with Gasteiger partial charge in [-0.1, -0.05) is 0 Å². The number of carbonyl (C=O) groups is 2. The molecule has 1 aromatic heterocycles. The molecule has 0 saturated carbocycles. The number of thiophene rings is 1. The Morgan fingerprint density at radius 1 is 1.50 bits per heavy atom. The molecule has 0 aliphatic heterocycles. The molecule has 0 aliphatic rings. The molecule has 0 radical (unpaired) electrons. The number of esters is 2. The van der Waals surface area contributed by atoms with Crippen molar-refractivity contribution in [3.8, 4) is 0 Å². The second-order valence-electron chi connectivity index (χ2n) is 2.57. The van der Waals surface area contributed by atoms with Crippen molar-refractivity contribution in [2.45, 2.75) is 13.0 Å². The number of rotatable bonds is 3. The van der Waals surface area contributed by atoms with Crippen LogP contribution >= 0.6 is 11.3 Å². The van der Waals surface area contributed by atoms with Crippen molar-refractivity contribution in [3.63, 3.8) is 0 Å². The summed E-state index contributed by atoms with van der Waals surface area (Å²) >= 11 is 1.42. The van der Waals surface area contributed by atoms with E-state index >= 15 is 0 Å². The zero-order valence-corrected chi connectivity index (χ0v) is 8.67. The maximum Gasteiger partial charge on any atom is 0.351 e. The van der Waals surface area contributed by atoms with E-state index in [9.17, 15) is 9.59 Å². The Labute approximate surface area is 85.4 Å². The van der Waals surface area contributed by atoms with Crippen LogP contribution in [0.1, 0.15) is 18.6 Å². The molecule has 0 saturated heterocycles. The summed E-state index contributed by atoms with van der Waals surface area (Å²) in [7, 11) is 1.26. The van der Waals surface area contributed by atoms with Crippen molar-refractivity contribution >= 4 is 23.3 Å². The lowest BCUT2D eigenvalue weighted by molar-refractivity contribution is -0.165. The van der Waals surface area contributed by atoms with Gasteiger partial charge in [0.15, 0.2) is 0 Å². The molecule has 1 unspecified atom stereocenters. The SMILES string of the molecule is COC(=O)C(OC(C)=O)c1ccsc1. The quantitative estimate of drug-likeness (QED) is 0.716. The van der Waals surface area contributed by atoms with Crippen molar-refractivity contribution in [1.29, 1.82) is 0 Å². The van der Waals surface area contributed by atoms with Crippen molar-refractivity contribution in [1.82, 2.24) is 0 Å². The summed E-state index contributed by atoms with van der Waals surface area (Å²) in [5, 5.41) is 3.54. The molecule has 1 heterocycles. The zero-order valence-electron chi connectivity index (χ0n) is 7.85. The topological polar surface area (TPSA) is 52.6 Å². The molecule has 4 nitrogen and oxygen atoms in total. The average molecular weight is 214 g/mol. The van der Waals surface area contributed by atoms with Gasteiger partial charge in [0.1, 0.15) is 0 Å². The molecule has 14 heavy (non-hydrogen) atoms. The standard InChI is InChI=1S/C9H10O4S/c1-6(10)13-8(9(11)12-2)7-3-4-14-5-7/h3-5,8H,1-2H3. The zero-order chi connectivity index (χ0) is 10.6. The van der Waals surface area contributed by atoms with E-state index in [2.05, 4.69) is 4.74 Å². The number of carbonyl (C=O) groups excluding carboxylic acids is 2. The smallest absolute Gasteiger partial charge is 0.351 e. The summed E-state index contributed by atoms with van der Waals surface area (Å²) in [6.45, 7) is 1.25. The lowest BCUT2D eigenvalue weighted by Crippen LogP contribution is -2.19. The Bertz CT molecular complexity index is 318. The molecule has 0 fully saturated rings. The van der Waals surface area contributed by atoms with Gasteiger partial charge in [-0.2, -0.15) is 11.3 Å². The van der Waals surface area contributed by atoms with Crippen LogP contribution in [0.25, 0.3) is 0 Å². The lowest BCUT2D eigenvalue weighted by Gasteiger charge is -2.12. The van der Waals surface area contributed by atoms with Crippen LogP contribution in [0, 0.1) is 0 Å². The van der Waals surface area contributed by atoms with Crippen LogP contribution in [0.3, 0.4) is 0 Å². The minimum atomic E-state index is -0.941. The van der Waals surface area contributed by atoms with Crippen LogP contribution in [0.4, 0.5) is 0 Å². The Morgan fingerprint density at radius 2 is 2.21 bits per heavy atom. The van der Waals surface area contributed by atoms with Gasteiger partial charge in [-0.3, -0.25) is 4.79 Å². The molecule has 0 N–H and O–H groups in total. The van der Waals surface area contributed by atoms with Crippen LogP contribution < -0.4 is 0 Å². The highest BCUT2D eigenvalue weighted by Crippen LogP contribution is 2.21. The molecule has 0 spiro atoms. The summed E-state index contributed by atoms with van der Waals surface area (Å²) in [5.41, 5.74) is 0.636. The van der Waals surface area contributed by atoms with Crippen molar-refractivity contribution in [3.05, 3.63) is 22.4 Å². The van der Waals surface area contributed by atoms with Crippen molar-refractivity contribution in [2.75, 3.05) is 7.11 Å². The molecular weight excluding hydrogens is 204 g/mol. The molecule has 5 heteroatoms. The van der Waals surface area contributed by atoms with E-state index in [1.807, 2.05) is 0 Å². The fourth-order valence-corrected chi connectivity index (χ4v) is 1.62. The first-order valence-electron chi connectivity index (χ1n) is 3.92. The molecule has 0 aromatic carbocycles. The third-order valence-electron chi connectivity index (χ3n) is 1.55. The normalized spacial score (nSPS) is 11.9. The van der Waals surface area contributed by atoms with E-state index in [1.165, 1.54) is 25.4 Å². The molecule has 1 atom stereocenters. The molecule has 0 amide bonds. The molecule has 0 aliphatic carbocycles. The van der Waals surface area contributed by atoms with E-state index in [4.69, 9.17) is 4.74 Å². The van der Waals surface area contributed by atoms with Gasteiger partial charge in [0.2, 0.25) is 6.10 Å². The van der Waals surface area contributed by atoms with Gasteiger partial charge in [-0.25, -0.2) is 4.79 Å². The average Bonchev–Trinajstić information content (AvgIpc) is 2.65. The third-order valence-corrected chi connectivity index (χ3v) is 2.25. The second kappa shape index (κ2) is 4.76. The maximum atomic E-state index is 11.3. The molecular formula is C9H10O4S. The van der Waals surface area contributed by atoms with E-state index < -0.39 is 18.0 Å². The van der Waals surface area contributed by atoms with E-state index in [1.54, 1.807) is 16.8 Å². The van der Waals surface area contributed by atoms with Crippen LogP contribution in [-0.4, -0.2) is 19.0 Å². The Kier molecular flexibility index (Phi) is 3.64. The Hall–Kier alpha value is -1.36. The predicted octanol–water partition coefficient (Wildman–Crippen LogP) is 1.53. The van der Waals surface area contributed by atoms with Gasteiger partial charge >= 0.3 is 11.9 Å². The van der Waals surface area contributed by atoms with Crippen LogP contribution in [0.2, 0.25) is 0 Å². The van der Waals surface area contributed by atoms with Crippen molar-refractivity contribution in [2.24, 2.45) is 0 Å². The van der Waals surface area contributed by atoms with Gasteiger partial charge in [-0.05, 0) is 16.8 Å². The van der Waals surface area contributed by atoms with E-state index in [-0.39, 0.29) is 0 Å². The summed E-state index contributed by atoms with van der Waals surface area (Å²) in [6, 6.07) is 1.72. The molecule has 0 bridgehead atoms. The summed E-state index contributed by atoms with van der Waals surface area (Å²) in [4.78, 5) is 22.0. The van der Waals surface area contributed by atoms with Crippen LogP contribution in [0.15, 0.2) is 16.8 Å². The summed E-state index contributed by atoms with van der Waals surface area (Å²) in [6.07, 6.45) is -0.941. The number of ether oxygens (including phenoxy) is 2.